The summed E-state index contributed by atoms with van der Waals surface area (Å²) in [6.07, 6.45) is 10.2. The van der Waals surface area contributed by atoms with Crippen molar-refractivity contribution in [3.63, 3.8) is 0 Å². The van der Waals surface area contributed by atoms with Gasteiger partial charge in [0.25, 0.3) is 0 Å². The molecule has 0 aromatic heterocycles. The highest BCUT2D eigenvalue weighted by Gasteiger charge is 2.30. The fourth-order valence-electron chi connectivity index (χ4n) is 3.46. The monoisotopic (exact) mass is 239 g/mol. The van der Waals surface area contributed by atoms with Gasteiger partial charge in [-0.05, 0) is 51.0 Å². The van der Waals surface area contributed by atoms with E-state index in [2.05, 4.69) is 26.2 Å². The van der Waals surface area contributed by atoms with Crippen molar-refractivity contribution in [2.24, 2.45) is 11.8 Å². The van der Waals surface area contributed by atoms with Crippen LogP contribution in [-0.2, 0) is 4.74 Å². The summed E-state index contributed by atoms with van der Waals surface area (Å²) in [5, 5.41) is 3.44. The fourth-order valence-corrected chi connectivity index (χ4v) is 3.46. The molecule has 100 valence electrons. The van der Waals surface area contributed by atoms with Crippen molar-refractivity contribution in [2.45, 2.75) is 77.0 Å². The third-order valence-electron chi connectivity index (χ3n) is 4.99. The van der Waals surface area contributed by atoms with E-state index in [0.29, 0.717) is 18.2 Å². The zero-order valence-electron chi connectivity index (χ0n) is 11.7. The topological polar surface area (TPSA) is 21.3 Å². The van der Waals surface area contributed by atoms with Crippen LogP contribution in [0, 0.1) is 11.8 Å². The lowest BCUT2D eigenvalue weighted by molar-refractivity contribution is -0.0724. The molecule has 2 aliphatic rings. The Hall–Kier alpha value is -0.0800. The van der Waals surface area contributed by atoms with Gasteiger partial charge in [0, 0.05) is 6.04 Å². The quantitative estimate of drug-likeness (QED) is 0.815. The molecule has 0 aromatic carbocycles. The average Bonchev–Trinajstić information content (AvgIpc) is 2.34. The molecule has 0 saturated heterocycles. The number of rotatable bonds is 3. The maximum atomic E-state index is 6.39. The van der Waals surface area contributed by atoms with Crippen molar-refractivity contribution in [2.75, 3.05) is 7.05 Å². The summed E-state index contributed by atoms with van der Waals surface area (Å²) in [6, 6.07) is 0.596. The first-order chi connectivity index (χ1) is 8.20. The minimum atomic E-state index is 0.472. The third kappa shape index (κ3) is 3.45. The predicted molar refractivity (Wildman–Crippen MR) is 72.2 cm³/mol. The zero-order chi connectivity index (χ0) is 12.3. The van der Waals surface area contributed by atoms with Crippen LogP contribution >= 0.6 is 0 Å². The average molecular weight is 239 g/mol. The number of hydrogen-bond donors (Lipinski definition) is 1. The van der Waals surface area contributed by atoms with Crippen LogP contribution < -0.4 is 5.32 Å². The predicted octanol–water partition coefficient (Wildman–Crippen LogP) is 3.36. The maximum absolute atomic E-state index is 6.39. The Bertz CT molecular complexity index is 231. The highest BCUT2D eigenvalue weighted by molar-refractivity contribution is 4.83. The van der Waals surface area contributed by atoms with Crippen molar-refractivity contribution in [1.82, 2.24) is 5.32 Å². The summed E-state index contributed by atoms with van der Waals surface area (Å²) < 4.78 is 6.39. The van der Waals surface area contributed by atoms with Gasteiger partial charge in [-0.25, -0.2) is 0 Å². The van der Waals surface area contributed by atoms with Crippen molar-refractivity contribution < 1.29 is 4.74 Å². The van der Waals surface area contributed by atoms with Gasteiger partial charge < -0.3 is 10.1 Å². The van der Waals surface area contributed by atoms with E-state index in [0.717, 1.165) is 11.8 Å². The maximum Gasteiger partial charge on any atom is 0.0731 e. The van der Waals surface area contributed by atoms with E-state index in [1.54, 1.807) is 0 Å². The van der Waals surface area contributed by atoms with E-state index in [1.165, 1.54) is 44.9 Å². The van der Waals surface area contributed by atoms with Gasteiger partial charge in [-0.2, -0.15) is 0 Å². The number of ether oxygens (including phenoxy) is 1. The smallest absolute Gasteiger partial charge is 0.0731 e. The van der Waals surface area contributed by atoms with Gasteiger partial charge in [-0.3, -0.25) is 0 Å². The van der Waals surface area contributed by atoms with Crippen LogP contribution in [0.5, 0.6) is 0 Å². The molecular formula is C15H29NO. The third-order valence-corrected chi connectivity index (χ3v) is 4.99. The lowest BCUT2D eigenvalue weighted by Crippen LogP contribution is -2.44. The Morgan fingerprint density at radius 2 is 1.71 bits per heavy atom. The number of nitrogens with one attached hydrogen (secondary N) is 1. The number of hydrogen-bond acceptors (Lipinski definition) is 2. The summed E-state index contributed by atoms with van der Waals surface area (Å²) >= 11 is 0. The molecule has 0 amide bonds. The summed E-state index contributed by atoms with van der Waals surface area (Å²) in [6.45, 7) is 4.77. The molecular weight excluding hydrogens is 210 g/mol. The first-order valence-electron chi connectivity index (χ1n) is 7.53. The van der Waals surface area contributed by atoms with E-state index < -0.39 is 0 Å². The molecule has 0 heterocycles. The molecule has 0 aromatic rings. The summed E-state index contributed by atoms with van der Waals surface area (Å²) in [4.78, 5) is 0. The molecule has 2 aliphatic carbocycles. The SMILES string of the molecule is CNC1CCCCC1OC1CCC(C)C(C)C1. The molecule has 2 fully saturated rings. The molecule has 0 spiro atoms. The molecule has 0 bridgehead atoms. The van der Waals surface area contributed by atoms with Gasteiger partial charge in [-0.1, -0.05) is 26.7 Å². The van der Waals surface area contributed by atoms with Gasteiger partial charge in [0.05, 0.1) is 12.2 Å². The molecule has 0 radical (unpaired) electrons. The second-order valence-corrected chi connectivity index (χ2v) is 6.24. The van der Waals surface area contributed by atoms with Gasteiger partial charge >= 0.3 is 0 Å². The Morgan fingerprint density at radius 3 is 2.41 bits per heavy atom. The van der Waals surface area contributed by atoms with Crippen molar-refractivity contribution in [3.05, 3.63) is 0 Å². The minimum Gasteiger partial charge on any atom is -0.373 e. The van der Waals surface area contributed by atoms with Crippen molar-refractivity contribution in [1.29, 1.82) is 0 Å². The Kier molecular flexibility index (Phi) is 4.87. The van der Waals surface area contributed by atoms with E-state index in [1.807, 2.05) is 0 Å². The van der Waals surface area contributed by atoms with Crippen LogP contribution in [0.2, 0.25) is 0 Å². The first kappa shape index (κ1) is 13.4. The number of likely N-dealkylation sites (N-methyl/N-ethyl adjacent to an activating group) is 1. The van der Waals surface area contributed by atoms with Gasteiger partial charge in [0.15, 0.2) is 0 Å². The van der Waals surface area contributed by atoms with Crippen LogP contribution in [-0.4, -0.2) is 25.3 Å². The lowest BCUT2D eigenvalue weighted by atomic mass is 9.80. The Morgan fingerprint density at radius 1 is 0.941 bits per heavy atom. The highest BCUT2D eigenvalue weighted by Crippen LogP contribution is 2.33. The van der Waals surface area contributed by atoms with Crippen LogP contribution in [0.1, 0.15) is 58.8 Å². The van der Waals surface area contributed by atoms with E-state index in [4.69, 9.17) is 4.74 Å². The first-order valence-corrected chi connectivity index (χ1v) is 7.53. The second kappa shape index (κ2) is 6.19. The minimum absolute atomic E-state index is 0.472. The van der Waals surface area contributed by atoms with E-state index in [-0.39, 0.29) is 0 Å². The largest absolute Gasteiger partial charge is 0.373 e. The summed E-state index contributed by atoms with van der Waals surface area (Å²) in [7, 11) is 2.08. The molecule has 17 heavy (non-hydrogen) atoms. The van der Waals surface area contributed by atoms with E-state index in [9.17, 15) is 0 Å². The summed E-state index contributed by atoms with van der Waals surface area (Å²) in [5.41, 5.74) is 0. The molecule has 2 nitrogen and oxygen atoms in total. The van der Waals surface area contributed by atoms with Crippen molar-refractivity contribution >= 4 is 0 Å². The van der Waals surface area contributed by atoms with Crippen LogP contribution in [0.25, 0.3) is 0 Å². The molecule has 1 N–H and O–H groups in total. The van der Waals surface area contributed by atoms with Crippen molar-refractivity contribution in [3.8, 4) is 0 Å². The van der Waals surface area contributed by atoms with Gasteiger partial charge in [0.1, 0.15) is 0 Å². The standard InChI is InChI=1S/C15H29NO/c1-11-8-9-13(10-12(11)2)17-15-7-5-4-6-14(15)16-3/h11-16H,4-10H2,1-3H3. The molecule has 5 unspecified atom stereocenters. The fraction of sp³-hybridized carbons (Fsp3) is 1.00. The molecule has 5 atom stereocenters. The second-order valence-electron chi connectivity index (χ2n) is 6.24. The highest BCUT2D eigenvalue weighted by atomic mass is 16.5. The van der Waals surface area contributed by atoms with Crippen LogP contribution in [0.15, 0.2) is 0 Å². The van der Waals surface area contributed by atoms with E-state index >= 15 is 0 Å². The molecule has 0 aliphatic heterocycles. The van der Waals surface area contributed by atoms with Crippen LogP contribution in [0.4, 0.5) is 0 Å². The van der Waals surface area contributed by atoms with Gasteiger partial charge in [-0.15, -0.1) is 0 Å². The Labute approximate surface area is 107 Å². The van der Waals surface area contributed by atoms with Gasteiger partial charge in [0.2, 0.25) is 0 Å². The molecule has 2 heteroatoms. The van der Waals surface area contributed by atoms with Crippen LogP contribution in [0.3, 0.4) is 0 Å². The lowest BCUT2D eigenvalue weighted by Gasteiger charge is -2.38. The Balaban J connectivity index is 1.83. The molecule has 2 rings (SSSR count). The normalized spacial score (nSPS) is 43.6. The summed E-state index contributed by atoms with van der Waals surface area (Å²) in [5.74, 6) is 1.73. The zero-order valence-corrected chi connectivity index (χ0v) is 11.7. The molecule has 2 saturated carbocycles.